The van der Waals surface area contributed by atoms with Gasteiger partial charge in [0, 0.05) is 37.4 Å². The van der Waals surface area contributed by atoms with E-state index in [1.807, 2.05) is 30.9 Å². The van der Waals surface area contributed by atoms with Crippen LogP contribution in [0.5, 0.6) is 5.88 Å². The number of halogens is 1. The molecule has 3 aromatic rings. The summed E-state index contributed by atoms with van der Waals surface area (Å²) in [5.41, 5.74) is 3.03. The van der Waals surface area contributed by atoms with E-state index in [1.165, 1.54) is 4.68 Å². The number of nitrogens with zero attached hydrogens (tertiary/aromatic N) is 5. The zero-order valence-electron chi connectivity index (χ0n) is 18.7. The van der Waals surface area contributed by atoms with E-state index in [0.29, 0.717) is 31.3 Å². The van der Waals surface area contributed by atoms with Gasteiger partial charge in [0.25, 0.3) is 5.56 Å². The molecule has 0 aliphatic carbocycles. The highest BCUT2D eigenvalue weighted by atomic mass is 35.5. The van der Waals surface area contributed by atoms with Gasteiger partial charge in [0.2, 0.25) is 5.88 Å². The van der Waals surface area contributed by atoms with Gasteiger partial charge in [0.1, 0.15) is 16.9 Å². The van der Waals surface area contributed by atoms with Crippen LogP contribution in [0, 0.1) is 13.8 Å². The van der Waals surface area contributed by atoms with Crippen LogP contribution in [0.2, 0.25) is 5.02 Å². The number of ether oxygens (including phenoxy) is 2. The standard InChI is InChI=1S/C23H26ClN5O4/c1-14-21(15(2)33-27-14)16-6-8-25-19(11-16)32-17-7-9-28(13-17)18-12-26-29(23(30)22(18)24)20-5-3-4-10-31-20/h6,8,11-12,17,20H,3-5,7,9-10,13H2,1-2H3/t17-,20?/m1/s1. The Kier molecular flexibility index (Phi) is 6.07. The van der Waals surface area contributed by atoms with E-state index in [1.54, 1.807) is 12.4 Å². The summed E-state index contributed by atoms with van der Waals surface area (Å²) in [6, 6.07) is 3.81. The highest BCUT2D eigenvalue weighted by molar-refractivity contribution is 6.33. The smallest absolute Gasteiger partial charge is 0.290 e. The maximum atomic E-state index is 12.8. The molecule has 1 unspecified atom stereocenters. The molecule has 174 valence electrons. The highest BCUT2D eigenvalue weighted by Crippen LogP contribution is 2.31. The Bertz CT molecular complexity index is 1180. The summed E-state index contributed by atoms with van der Waals surface area (Å²) in [4.78, 5) is 19.2. The number of hydrogen-bond acceptors (Lipinski definition) is 8. The summed E-state index contributed by atoms with van der Waals surface area (Å²) in [5, 5.41) is 8.55. The van der Waals surface area contributed by atoms with Crippen molar-refractivity contribution in [2.75, 3.05) is 24.6 Å². The Hall–Kier alpha value is -2.91. The number of aryl methyl sites for hydroxylation is 2. The summed E-state index contributed by atoms with van der Waals surface area (Å²) >= 11 is 6.47. The fraction of sp³-hybridized carbons (Fsp3) is 0.478. The van der Waals surface area contributed by atoms with Gasteiger partial charge in [-0.15, -0.1) is 0 Å². The van der Waals surface area contributed by atoms with Crippen LogP contribution in [0.3, 0.4) is 0 Å². The Labute approximate surface area is 196 Å². The molecule has 0 amide bonds. The van der Waals surface area contributed by atoms with Gasteiger partial charge in [-0.1, -0.05) is 16.8 Å². The SMILES string of the molecule is Cc1noc(C)c1-c1ccnc(O[C@@H]2CCN(c3cnn(C4CCCCO4)c(=O)c3Cl)C2)c1. The Morgan fingerprint density at radius 2 is 2.12 bits per heavy atom. The fourth-order valence-corrected chi connectivity index (χ4v) is 4.77. The first kappa shape index (κ1) is 21.9. The average molecular weight is 472 g/mol. The number of hydrogen-bond donors (Lipinski definition) is 0. The van der Waals surface area contributed by atoms with Crippen molar-refractivity contribution in [3.05, 3.63) is 51.4 Å². The molecule has 2 fully saturated rings. The fourth-order valence-electron chi connectivity index (χ4n) is 4.52. The second kappa shape index (κ2) is 9.15. The van der Waals surface area contributed by atoms with E-state index in [-0.39, 0.29) is 22.9 Å². The molecule has 0 bridgehead atoms. The molecular formula is C23H26ClN5O4. The van der Waals surface area contributed by atoms with Crippen LogP contribution in [0.15, 0.2) is 33.8 Å². The lowest BCUT2D eigenvalue weighted by Gasteiger charge is -2.25. The largest absolute Gasteiger partial charge is 0.472 e. The molecule has 0 N–H and O–H groups in total. The maximum Gasteiger partial charge on any atom is 0.290 e. The maximum absolute atomic E-state index is 12.8. The molecule has 0 aromatic carbocycles. The molecule has 33 heavy (non-hydrogen) atoms. The minimum absolute atomic E-state index is 0.0856. The molecule has 5 rings (SSSR count). The van der Waals surface area contributed by atoms with Gasteiger partial charge >= 0.3 is 0 Å². The van der Waals surface area contributed by atoms with Crippen molar-refractivity contribution in [2.45, 2.75) is 51.9 Å². The zero-order valence-corrected chi connectivity index (χ0v) is 19.4. The average Bonchev–Trinajstić information content (AvgIpc) is 3.42. The van der Waals surface area contributed by atoms with Crippen molar-refractivity contribution in [3.8, 4) is 17.0 Å². The van der Waals surface area contributed by atoms with Gasteiger partial charge in [-0.25, -0.2) is 4.98 Å². The lowest BCUT2D eigenvalue weighted by molar-refractivity contribution is -0.0424. The van der Waals surface area contributed by atoms with Crippen LogP contribution in [0.4, 0.5) is 5.69 Å². The first-order valence-electron chi connectivity index (χ1n) is 11.2. The zero-order chi connectivity index (χ0) is 22.9. The molecule has 0 spiro atoms. The summed E-state index contributed by atoms with van der Waals surface area (Å²) < 4.78 is 18.5. The number of anilines is 1. The predicted octanol–water partition coefficient (Wildman–Crippen LogP) is 3.92. The Morgan fingerprint density at radius 3 is 2.88 bits per heavy atom. The van der Waals surface area contributed by atoms with Gasteiger partial charge in [0.05, 0.1) is 24.1 Å². The lowest BCUT2D eigenvalue weighted by atomic mass is 10.1. The van der Waals surface area contributed by atoms with Crippen molar-refractivity contribution in [1.29, 1.82) is 0 Å². The van der Waals surface area contributed by atoms with E-state index in [2.05, 4.69) is 15.2 Å². The number of rotatable bonds is 5. The minimum Gasteiger partial charge on any atom is -0.472 e. The molecule has 2 atom stereocenters. The van der Waals surface area contributed by atoms with Crippen LogP contribution in [-0.4, -0.2) is 45.7 Å². The van der Waals surface area contributed by atoms with Crippen LogP contribution < -0.4 is 15.2 Å². The van der Waals surface area contributed by atoms with Crippen LogP contribution in [0.1, 0.15) is 43.4 Å². The van der Waals surface area contributed by atoms with E-state index < -0.39 is 0 Å². The summed E-state index contributed by atoms with van der Waals surface area (Å²) in [7, 11) is 0. The molecule has 2 saturated heterocycles. The van der Waals surface area contributed by atoms with Crippen molar-refractivity contribution < 1.29 is 14.0 Å². The van der Waals surface area contributed by atoms with Crippen molar-refractivity contribution in [1.82, 2.24) is 19.9 Å². The first-order valence-corrected chi connectivity index (χ1v) is 11.6. The molecule has 2 aliphatic heterocycles. The monoisotopic (exact) mass is 471 g/mol. The van der Waals surface area contributed by atoms with Crippen molar-refractivity contribution >= 4 is 17.3 Å². The number of aromatic nitrogens is 4. The van der Waals surface area contributed by atoms with E-state index >= 15 is 0 Å². The minimum atomic E-state index is -0.344. The normalized spacial score (nSPS) is 20.9. The third kappa shape index (κ3) is 4.35. The summed E-state index contributed by atoms with van der Waals surface area (Å²) in [5.74, 6) is 1.29. The van der Waals surface area contributed by atoms with Crippen LogP contribution >= 0.6 is 11.6 Å². The summed E-state index contributed by atoms with van der Waals surface area (Å²) in [6.45, 7) is 5.72. The molecule has 3 aromatic heterocycles. The Morgan fingerprint density at radius 1 is 1.24 bits per heavy atom. The van der Waals surface area contributed by atoms with Gasteiger partial charge in [-0.05, 0) is 44.7 Å². The quantitative estimate of drug-likeness (QED) is 0.552. The van der Waals surface area contributed by atoms with E-state index in [0.717, 1.165) is 48.3 Å². The van der Waals surface area contributed by atoms with Gasteiger partial charge in [-0.2, -0.15) is 9.78 Å². The topological polar surface area (TPSA) is 95.5 Å². The van der Waals surface area contributed by atoms with Gasteiger partial charge in [-0.3, -0.25) is 4.79 Å². The Balaban J connectivity index is 1.29. The van der Waals surface area contributed by atoms with Crippen LogP contribution in [0.25, 0.3) is 11.1 Å². The van der Waals surface area contributed by atoms with Crippen molar-refractivity contribution in [2.24, 2.45) is 0 Å². The van der Waals surface area contributed by atoms with Crippen LogP contribution in [-0.2, 0) is 4.74 Å². The van der Waals surface area contributed by atoms with E-state index in [9.17, 15) is 4.79 Å². The second-order valence-corrected chi connectivity index (χ2v) is 8.85. The third-order valence-electron chi connectivity index (χ3n) is 6.18. The number of pyridine rings is 1. The molecule has 0 radical (unpaired) electrons. The third-order valence-corrected chi connectivity index (χ3v) is 6.54. The first-order chi connectivity index (χ1) is 16.0. The van der Waals surface area contributed by atoms with E-state index in [4.69, 9.17) is 25.6 Å². The summed E-state index contributed by atoms with van der Waals surface area (Å²) in [6.07, 6.45) is 6.50. The lowest BCUT2D eigenvalue weighted by Crippen LogP contribution is -2.33. The molecule has 10 heteroatoms. The van der Waals surface area contributed by atoms with Crippen molar-refractivity contribution in [3.63, 3.8) is 0 Å². The van der Waals surface area contributed by atoms with Gasteiger partial charge in [0.15, 0.2) is 6.23 Å². The molecular weight excluding hydrogens is 446 g/mol. The van der Waals surface area contributed by atoms with Gasteiger partial charge < -0.3 is 18.9 Å². The molecule has 9 nitrogen and oxygen atoms in total. The molecule has 0 saturated carbocycles. The highest BCUT2D eigenvalue weighted by Gasteiger charge is 2.29. The predicted molar refractivity (Wildman–Crippen MR) is 123 cm³/mol. The molecule has 2 aliphatic rings. The molecule has 5 heterocycles. The second-order valence-electron chi connectivity index (χ2n) is 8.47.